The number of H-pyrrole nitrogens is 1. The number of nitrogens with one attached hydrogen (secondary N) is 1. The van der Waals surface area contributed by atoms with Crippen molar-refractivity contribution >= 4 is 28.4 Å². The van der Waals surface area contributed by atoms with E-state index in [1.165, 1.54) is 24.1 Å². The highest BCUT2D eigenvalue weighted by Crippen LogP contribution is 2.37. The van der Waals surface area contributed by atoms with Crippen LogP contribution < -0.4 is 4.90 Å². The molecule has 0 saturated heterocycles. The largest absolute Gasteiger partial charge is 0.465 e. The van der Waals surface area contributed by atoms with Crippen LogP contribution in [0.15, 0.2) is 30.3 Å². The molecular weight excluding hydrogens is 371 g/mol. The lowest BCUT2D eigenvalue weighted by Crippen LogP contribution is -2.28. The molecule has 0 fully saturated rings. The summed E-state index contributed by atoms with van der Waals surface area (Å²) in [7, 11) is 1.20. The molecule has 28 heavy (non-hydrogen) atoms. The number of nitrogens with zero attached hydrogens (tertiary/aromatic N) is 2. The monoisotopic (exact) mass is 387 g/mol. The number of nitriles is 1. The van der Waals surface area contributed by atoms with E-state index in [4.69, 9.17) is 10.00 Å². The molecule has 0 atom stereocenters. The third-order valence-electron chi connectivity index (χ3n) is 4.33. The number of aromatic nitrogens is 1. The number of ether oxygens (including phenoxy) is 1. The van der Waals surface area contributed by atoms with Gasteiger partial charge in [0.05, 0.1) is 24.4 Å². The van der Waals surface area contributed by atoms with Gasteiger partial charge in [-0.1, -0.05) is 6.07 Å². The number of benzene rings is 2. The number of methoxy groups -OCH3 is 1. The molecule has 1 heterocycles. The van der Waals surface area contributed by atoms with E-state index in [9.17, 15) is 18.0 Å². The number of fused-ring (bicyclic) bond motifs is 1. The SMILES string of the molecule is COC(=O)c1c(N(c2ccc(F)c(F)c2F)C(C)C)[nH]c2cc(C#N)ccc12. The van der Waals surface area contributed by atoms with E-state index in [1.807, 2.05) is 6.07 Å². The topological polar surface area (TPSA) is 69.1 Å². The van der Waals surface area contributed by atoms with E-state index in [0.717, 1.165) is 12.1 Å². The second-order valence-electron chi connectivity index (χ2n) is 6.37. The van der Waals surface area contributed by atoms with Gasteiger partial charge in [0.25, 0.3) is 0 Å². The molecule has 0 saturated carbocycles. The minimum Gasteiger partial charge on any atom is -0.465 e. The number of carbonyl (C=O) groups is 1. The minimum atomic E-state index is -1.61. The molecule has 144 valence electrons. The summed E-state index contributed by atoms with van der Waals surface area (Å²) in [6, 6.07) is 8.11. The zero-order valence-electron chi connectivity index (χ0n) is 15.3. The Kier molecular flexibility index (Phi) is 5.01. The second-order valence-corrected chi connectivity index (χ2v) is 6.37. The van der Waals surface area contributed by atoms with E-state index >= 15 is 0 Å². The Labute approximate surface area is 158 Å². The molecule has 2 aromatic carbocycles. The summed E-state index contributed by atoms with van der Waals surface area (Å²) in [5.74, 6) is -4.84. The van der Waals surface area contributed by atoms with Crippen LogP contribution in [0, 0.1) is 28.8 Å². The summed E-state index contributed by atoms with van der Waals surface area (Å²) in [5, 5.41) is 9.56. The number of aromatic amines is 1. The maximum Gasteiger partial charge on any atom is 0.342 e. The predicted molar refractivity (Wildman–Crippen MR) is 97.9 cm³/mol. The maximum absolute atomic E-state index is 14.5. The van der Waals surface area contributed by atoms with Crippen molar-refractivity contribution in [2.75, 3.05) is 12.0 Å². The van der Waals surface area contributed by atoms with Crippen LogP contribution in [0.2, 0.25) is 0 Å². The highest BCUT2D eigenvalue weighted by atomic mass is 19.2. The van der Waals surface area contributed by atoms with Crippen molar-refractivity contribution in [2.24, 2.45) is 0 Å². The average molecular weight is 387 g/mol. The smallest absolute Gasteiger partial charge is 0.342 e. The van der Waals surface area contributed by atoms with E-state index in [2.05, 4.69) is 4.98 Å². The lowest BCUT2D eigenvalue weighted by atomic mass is 10.1. The molecule has 0 aliphatic rings. The van der Waals surface area contributed by atoms with Gasteiger partial charge >= 0.3 is 5.97 Å². The lowest BCUT2D eigenvalue weighted by molar-refractivity contribution is 0.0604. The number of hydrogen-bond donors (Lipinski definition) is 1. The van der Waals surface area contributed by atoms with Crippen LogP contribution in [-0.4, -0.2) is 24.1 Å². The van der Waals surface area contributed by atoms with Crippen LogP contribution in [-0.2, 0) is 4.74 Å². The number of rotatable bonds is 4. The quantitative estimate of drug-likeness (QED) is 0.516. The zero-order valence-corrected chi connectivity index (χ0v) is 15.3. The van der Waals surface area contributed by atoms with E-state index < -0.39 is 29.5 Å². The number of halogens is 3. The Hall–Kier alpha value is -3.47. The van der Waals surface area contributed by atoms with Crippen molar-refractivity contribution in [3.63, 3.8) is 0 Å². The summed E-state index contributed by atoms with van der Waals surface area (Å²) < 4.78 is 46.6. The molecule has 0 aliphatic heterocycles. The fourth-order valence-electron chi connectivity index (χ4n) is 3.10. The summed E-state index contributed by atoms with van der Waals surface area (Å²) in [4.78, 5) is 16.8. The van der Waals surface area contributed by atoms with Gasteiger partial charge in [-0.15, -0.1) is 0 Å². The number of esters is 1. The number of hydrogen-bond acceptors (Lipinski definition) is 4. The van der Waals surface area contributed by atoms with Crippen molar-refractivity contribution in [1.82, 2.24) is 4.98 Å². The summed E-state index contributed by atoms with van der Waals surface area (Å²) in [6.45, 7) is 3.40. The van der Waals surface area contributed by atoms with Gasteiger partial charge in [0.1, 0.15) is 11.4 Å². The van der Waals surface area contributed by atoms with Gasteiger partial charge in [-0.25, -0.2) is 18.0 Å². The molecule has 1 N–H and O–H groups in total. The third-order valence-corrected chi connectivity index (χ3v) is 4.33. The summed E-state index contributed by atoms with van der Waals surface area (Å²) in [6.07, 6.45) is 0. The van der Waals surface area contributed by atoms with Crippen LogP contribution in [0.1, 0.15) is 29.8 Å². The Morgan fingerprint density at radius 2 is 1.89 bits per heavy atom. The first-order valence-corrected chi connectivity index (χ1v) is 8.37. The zero-order chi connectivity index (χ0) is 20.6. The Morgan fingerprint density at radius 3 is 2.50 bits per heavy atom. The molecule has 8 heteroatoms. The minimum absolute atomic E-state index is 0.0971. The fourth-order valence-corrected chi connectivity index (χ4v) is 3.10. The van der Waals surface area contributed by atoms with Crippen molar-refractivity contribution < 1.29 is 22.7 Å². The molecule has 0 amide bonds. The Bertz CT molecular complexity index is 1120. The van der Waals surface area contributed by atoms with Crippen LogP contribution in [0.4, 0.5) is 24.7 Å². The van der Waals surface area contributed by atoms with E-state index in [-0.39, 0.29) is 17.1 Å². The lowest BCUT2D eigenvalue weighted by Gasteiger charge is -2.29. The molecule has 0 aliphatic carbocycles. The molecule has 0 bridgehead atoms. The van der Waals surface area contributed by atoms with Crippen molar-refractivity contribution in [2.45, 2.75) is 19.9 Å². The molecular formula is C20H16F3N3O2. The normalized spacial score (nSPS) is 10.9. The predicted octanol–water partition coefficient (Wildman–Crippen LogP) is 4.79. The molecule has 0 spiro atoms. The average Bonchev–Trinajstić information content (AvgIpc) is 3.05. The first-order chi connectivity index (χ1) is 13.3. The van der Waals surface area contributed by atoms with Gasteiger partial charge in [0.15, 0.2) is 17.5 Å². The van der Waals surface area contributed by atoms with E-state index in [0.29, 0.717) is 16.5 Å². The Morgan fingerprint density at radius 1 is 1.18 bits per heavy atom. The standard InChI is InChI=1S/C20H16F3N3O2/c1-10(2)26(15-7-6-13(21)17(22)18(15)23)19-16(20(27)28-3)12-5-4-11(9-24)8-14(12)25-19/h4-8,10,25H,1-3H3. The Balaban J connectivity index is 2.34. The van der Waals surface area contributed by atoms with Crippen molar-refractivity contribution in [1.29, 1.82) is 5.26 Å². The first-order valence-electron chi connectivity index (χ1n) is 8.37. The van der Waals surface area contributed by atoms with Crippen LogP contribution in [0.5, 0.6) is 0 Å². The molecule has 3 aromatic rings. The maximum atomic E-state index is 14.5. The van der Waals surface area contributed by atoms with Crippen LogP contribution in [0.25, 0.3) is 10.9 Å². The summed E-state index contributed by atoms with van der Waals surface area (Å²) in [5.41, 5.74) is 0.654. The third kappa shape index (κ3) is 3.05. The van der Waals surface area contributed by atoms with Gasteiger partial charge in [-0.05, 0) is 38.1 Å². The van der Waals surface area contributed by atoms with Crippen LogP contribution >= 0.6 is 0 Å². The van der Waals surface area contributed by atoms with Gasteiger partial charge in [0.2, 0.25) is 0 Å². The second kappa shape index (κ2) is 7.27. The van der Waals surface area contributed by atoms with Crippen molar-refractivity contribution in [3.8, 4) is 6.07 Å². The summed E-state index contributed by atoms with van der Waals surface area (Å²) >= 11 is 0. The van der Waals surface area contributed by atoms with Gasteiger partial charge in [-0.2, -0.15) is 5.26 Å². The number of carbonyl (C=O) groups excluding carboxylic acids is 1. The van der Waals surface area contributed by atoms with Gasteiger partial charge in [0, 0.05) is 16.9 Å². The van der Waals surface area contributed by atoms with Gasteiger partial charge in [-0.3, -0.25) is 0 Å². The van der Waals surface area contributed by atoms with Crippen molar-refractivity contribution in [3.05, 3.63) is 58.9 Å². The van der Waals surface area contributed by atoms with E-state index in [1.54, 1.807) is 19.9 Å². The molecule has 5 nitrogen and oxygen atoms in total. The highest BCUT2D eigenvalue weighted by molar-refractivity contribution is 6.10. The fraction of sp³-hybridized carbons (Fsp3) is 0.200. The van der Waals surface area contributed by atoms with Crippen LogP contribution in [0.3, 0.4) is 0 Å². The molecule has 0 unspecified atom stereocenters. The first kappa shape index (κ1) is 19.3. The molecule has 1 aromatic heterocycles. The van der Waals surface area contributed by atoms with Gasteiger partial charge < -0.3 is 14.6 Å². The molecule has 0 radical (unpaired) electrons. The highest BCUT2D eigenvalue weighted by Gasteiger charge is 2.29. The number of anilines is 2. The molecule has 3 rings (SSSR count).